The third-order valence-electron chi connectivity index (χ3n) is 0.542. The Bertz CT molecular complexity index is 191. The first-order valence-corrected chi connectivity index (χ1v) is 5.87. The molecule has 0 amide bonds. The zero-order valence-corrected chi connectivity index (χ0v) is 15.0. The van der Waals surface area contributed by atoms with Crippen LogP contribution in [0.4, 0.5) is 0 Å². The maximum atomic E-state index is 8.77. The number of hydrogen-bond donors (Lipinski definition) is 2. The van der Waals surface area contributed by atoms with E-state index < -0.39 is 7.82 Å². The van der Waals surface area contributed by atoms with Crippen molar-refractivity contribution in [3.63, 3.8) is 0 Å². The molecule has 0 rings (SSSR count). The van der Waals surface area contributed by atoms with Gasteiger partial charge in [-0.3, -0.25) is 4.57 Å². The van der Waals surface area contributed by atoms with Gasteiger partial charge in [0.2, 0.25) is 0 Å². The average molecular weight is 282 g/mol. The molecular weight excluding hydrogens is 262 g/mol. The molecule has 0 saturated heterocycles. The molecule has 0 radical (unpaired) electrons. The summed E-state index contributed by atoms with van der Waals surface area (Å²) in [4.78, 5) is 33.1. The summed E-state index contributed by atoms with van der Waals surface area (Å²) in [5.41, 5.74) is -0.430. The molecular formula is C8H20KO6P. The van der Waals surface area contributed by atoms with Gasteiger partial charge in [-0.25, -0.2) is 9.78 Å². The Morgan fingerprint density at radius 3 is 1.12 bits per heavy atom. The molecule has 0 aliphatic heterocycles. The van der Waals surface area contributed by atoms with Crippen LogP contribution in [0.2, 0.25) is 0 Å². The molecule has 0 aromatic heterocycles. The van der Waals surface area contributed by atoms with E-state index >= 15 is 0 Å². The van der Waals surface area contributed by atoms with Gasteiger partial charge in [0.1, 0.15) is 0 Å². The maximum absolute atomic E-state index is 8.77. The van der Waals surface area contributed by atoms with E-state index in [1.165, 1.54) is 0 Å². The smallest absolute Gasteiger partial charge is 0.756 e. The molecule has 0 atom stereocenters. The van der Waals surface area contributed by atoms with E-state index in [0.29, 0.717) is 0 Å². The summed E-state index contributed by atoms with van der Waals surface area (Å²) in [6, 6.07) is 0. The van der Waals surface area contributed by atoms with E-state index in [-0.39, 0.29) is 62.6 Å². The van der Waals surface area contributed by atoms with Gasteiger partial charge in [-0.05, 0) is 41.5 Å². The first-order chi connectivity index (χ1) is 6.21. The van der Waals surface area contributed by atoms with Crippen LogP contribution in [-0.2, 0) is 14.3 Å². The average Bonchev–Trinajstić information content (AvgIpc) is 1.76. The summed E-state index contributed by atoms with van der Waals surface area (Å²) in [6.07, 6.45) is 0. The standard InChI is InChI=1S/C8H18O2.K.H3O4P/c1-7(2,3)9-10-8(4,5)6;;1-5(2,3)4/h1-6H3;;(H3,1,2,3,4)/q;+1;/p-1. The molecule has 0 aliphatic carbocycles. The molecule has 0 bridgehead atoms. The maximum Gasteiger partial charge on any atom is 1.00 e. The number of phosphoric acid groups is 1. The van der Waals surface area contributed by atoms with Crippen LogP contribution >= 0.6 is 7.82 Å². The molecule has 0 fully saturated rings. The fourth-order valence-electron chi connectivity index (χ4n) is 0.250. The first-order valence-electron chi connectivity index (χ1n) is 4.34. The van der Waals surface area contributed by atoms with Crippen molar-refractivity contribution < 1.29 is 80.4 Å². The Labute approximate surface area is 139 Å². The van der Waals surface area contributed by atoms with E-state index in [9.17, 15) is 0 Å². The Balaban J connectivity index is -0.000000242. The monoisotopic (exact) mass is 282 g/mol. The van der Waals surface area contributed by atoms with Crippen LogP contribution < -0.4 is 56.3 Å². The summed E-state index contributed by atoms with van der Waals surface area (Å²) >= 11 is 0. The Morgan fingerprint density at radius 1 is 0.938 bits per heavy atom. The summed E-state index contributed by atoms with van der Waals surface area (Å²) < 4.78 is 8.77. The molecule has 0 aromatic rings. The zero-order chi connectivity index (χ0) is 12.9. The molecule has 6 nitrogen and oxygen atoms in total. The van der Waals surface area contributed by atoms with Crippen molar-refractivity contribution in [3.8, 4) is 0 Å². The van der Waals surface area contributed by atoms with Crippen molar-refractivity contribution in [1.82, 2.24) is 0 Å². The molecule has 94 valence electrons. The minimum Gasteiger partial charge on any atom is -0.756 e. The van der Waals surface area contributed by atoms with Gasteiger partial charge in [-0.1, -0.05) is 0 Å². The van der Waals surface area contributed by atoms with Crippen molar-refractivity contribution in [2.75, 3.05) is 0 Å². The second-order valence-corrected chi connectivity index (χ2v) is 5.86. The minimum atomic E-state index is -4.89. The zero-order valence-electron chi connectivity index (χ0n) is 11.0. The van der Waals surface area contributed by atoms with Crippen LogP contribution in [0.5, 0.6) is 0 Å². The largest absolute Gasteiger partial charge is 1.00 e. The van der Waals surface area contributed by atoms with Gasteiger partial charge < -0.3 is 14.7 Å². The van der Waals surface area contributed by atoms with E-state index in [4.69, 9.17) is 29.0 Å². The Kier molecular flexibility index (Phi) is 12.4. The summed E-state index contributed by atoms with van der Waals surface area (Å²) in [5, 5.41) is 0. The van der Waals surface area contributed by atoms with Crippen LogP contribution in [0.15, 0.2) is 0 Å². The van der Waals surface area contributed by atoms with Crippen LogP contribution in [0, 0.1) is 0 Å². The second-order valence-electron chi connectivity index (χ2n) is 4.88. The van der Waals surface area contributed by atoms with E-state index in [0.717, 1.165) is 0 Å². The van der Waals surface area contributed by atoms with E-state index in [1.54, 1.807) is 0 Å². The van der Waals surface area contributed by atoms with Crippen LogP contribution in [-0.4, -0.2) is 21.0 Å². The van der Waals surface area contributed by atoms with Gasteiger partial charge in [0.05, 0.1) is 11.2 Å². The molecule has 0 heterocycles. The predicted molar refractivity (Wildman–Crippen MR) is 53.7 cm³/mol. The number of hydrogen-bond acceptors (Lipinski definition) is 4. The number of rotatable bonds is 1. The molecule has 0 aromatic carbocycles. The van der Waals surface area contributed by atoms with Crippen molar-refractivity contribution in [2.24, 2.45) is 0 Å². The SMILES string of the molecule is CC(C)(C)OOC(C)(C)C.O=P([O-])(O)O.[K+]. The fraction of sp³-hybridized carbons (Fsp3) is 1.00. The van der Waals surface area contributed by atoms with Gasteiger partial charge in [-0.15, -0.1) is 0 Å². The van der Waals surface area contributed by atoms with Gasteiger partial charge in [0, 0.05) is 0 Å². The predicted octanol–water partition coefficient (Wildman–Crippen LogP) is -2.02. The van der Waals surface area contributed by atoms with Crippen LogP contribution in [0.25, 0.3) is 0 Å². The quantitative estimate of drug-likeness (QED) is 0.249. The van der Waals surface area contributed by atoms with Crippen LogP contribution in [0.3, 0.4) is 0 Å². The normalized spacial score (nSPS) is 12.3. The summed E-state index contributed by atoms with van der Waals surface area (Å²) in [7, 11) is -4.89. The molecule has 0 saturated carbocycles. The minimum absolute atomic E-state index is 0. The van der Waals surface area contributed by atoms with Gasteiger partial charge >= 0.3 is 51.4 Å². The summed E-state index contributed by atoms with van der Waals surface area (Å²) in [6.45, 7) is 11.7. The molecule has 2 N–H and O–H groups in total. The topological polar surface area (TPSA) is 99.1 Å². The van der Waals surface area contributed by atoms with Crippen molar-refractivity contribution in [2.45, 2.75) is 52.7 Å². The third kappa shape index (κ3) is 44.9. The molecule has 16 heavy (non-hydrogen) atoms. The molecule has 0 unspecified atom stereocenters. The summed E-state index contributed by atoms with van der Waals surface area (Å²) in [5.74, 6) is 0. The van der Waals surface area contributed by atoms with E-state index in [2.05, 4.69) is 0 Å². The second kappa shape index (κ2) is 8.71. The van der Waals surface area contributed by atoms with Gasteiger partial charge in [0.15, 0.2) is 0 Å². The van der Waals surface area contributed by atoms with Crippen LogP contribution in [0.1, 0.15) is 41.5 Å². The Morgan fingerprint density at radius 2 is 1.06 bits per heavy atom. The fourth-order valence-corrected chi connectivity index (χ4v) is 0.250. The van der Waals surface area contributed by atoms with E-state index in [1.807, 2.05) is 41.5 Å². The first kappa shape index (κ1) is 22.8. The van der Waals surface area contributed by atoms with Crippen molar-refractivity contribution in [3.05, 3.63) is 0 Å². The Hall–Kier alpha value is 1.67. The molecule has 8 heteroatoms. The molecule has 0 spiro atoms. The van der Waals surface area contributed by atoms with Crippen molar-refractivity contribution in [1.29, 1.82) is 0 Å². The van der Waals surface area contributed by atoms with Gasteiger partial charge in [-0.2, -0.15) is 0 Å². The molecule has 0 aliphatic rings. The van der Waals surface area contributed by atoms with Gasteiger partial charge in [0.25, 0.3) is 7.82 Å². The third-order valence-corrected chi connectivity index (χ3v) is 0.542. The van der Waals surface area contributed by atoms with Crippen molar-refractivity contribution >= 4 is 7.82 Å².